The quantitative estimate of drug-likeness (QED) is 0.0759. The van der Waals surface area contributed by atoms with Crippen molar-refractivity contribution in [3.05, 3.63) is 204 Å². The van der Waals surface area contributed by atoms with E-state index in [0.717, 1.165) is 56.9 Å². The van der Waals surface area contributed by atoms with Gasteiger partial charge in [-0.2, -0.15) is 0 Å². The van der Waals surface area contributed by atoms with Crippen LogP contribution in [0.4, 0.5) is 22.7 Å². The monoisotopic (exact) mass is 955 g/mol. The Kier molecular flexibility index (Phi) is 17.3. The number of nitrogens with one attached hydrogen (secondary N) is 1. The predicted molar refractivity (Wildman–Crippen MR) is 255 cm³/mol. The summed E-state index contributed by atoms with van der Waals surface area (Å²) in [4.78, 5) is 29.0. The Labute approximate surface area is 403 Å². The smallest absolute Gasteiger partial charge is 0.147 e. The van der Waals surface area contributed by atoms with Gasteiger partial charge in [-0.05, 0) is 120 Å². The van der Waals surface area contributed by atoms with Gasteiger partial charge < -0.3 is 14.8 Å². The molecule has 0 fully saturated rings. The number of hydrogen-bond acceptors (Lipinski definition) is 9. The largest absolute Gasteiger partial charge is 0.491 e. The minimum atomic E-state index is 0. The Bertz CT molecular complexity index is 2740. The van der Waals surface area contributed by atoms with Crippen LogP contribution in [0.5, 0.6) is 0 Å². The molecule has 0 unspecified atom stereocenters. The van der Waals surface area contributed by atoms with E-state index in [0.29, 0.717) is 60.8 Å². The number of allylic oxidation sites excluding steroid dienone is 2. The third-order valence-electron chi connectivity index (χ3n) is 10.5. The third-order valence-corrected chi connectivity index (χ3v) is 10.5. The van der Waals surface area contributed by atoms with E-state index in [1.54, 1.807) is 12.4 Å². The summed E-state index contributed by atoms with van der Waals surface area (Å²) >= 11 is 0. The first-order chi connectivity index (χ1) is 30.8. The standard InChI is InChI=1S/C54H51N7O2.2Cu/c1-37(2)39-17-21-43(22-18-39)57-44-25-27-46(28-26-44)61-52-36-53(62-33-29-41-11-9-15-49(58-41)47-13-5-7-31-55-47)51(60-45-23-19-40(20-24-45)38(3)4)35-54(52)63-34-30-42-12-10-16-50(59-42)48-14-6-8-32-56-48;;/h5-28,31-32,35-38,57H,29-30,33-34H2,1-4H3;;. The summed E-state index contributed by atoms with van der Waals surface area (Å²) in [5.41, 5.74) is 12.5. The van der Waals surface area contributed by atoms with Crippen molar-refractivity contribution in [1.29, 1.82) is 0 Å². The van der Waals surface area contributed by atoms with Gasteiger partial charge in [-0.3, -0.25) is 19.9 Å². The number of nitrogens with zero attached hydrogens (tertiary/aromatic N) is 6. The second-order valence-electron chi connectivity index (χ2n) is 15.9. The number of benzene rings is 3. The molecule has 4 aromatic heterocycles. The molecule has 2 radical (unpaired) electrons. The molecule has 4 heterocycles. The van der Waals surface area contributed by atoms with Gasteiger partial charge in [-0.15, -0.1) is 0 Å². The summed E-state index contributed by atoms with van der Waals surface area (Å²) in [7, 11) is 0. The van der Waals surface area contributed by atoms with Crippen LogP contribution in [0.1, 0.15) is 62.0 Å². The van der Waals surface area contributed by atoms with E-state index in [-0.39, 0.29) is 34.1 Å². The molecule has 0 bridgehead atoms. The number of anilines is 2. The topological polar surface area (TPSA) is 107 Å². The van der Waals surface area contributed by atoms with Crippen molar-refractivity contribution < 1.29 is 43.6 Å². The van der Waals surface area contributed by atoms with Crippen molar-refractivity contribution in [2.75, 3.05) is 18.5 Å². The van der Waals surface area contributed by atoms with Crippen LogP contribution < -0.4 is 5.32 Å². The first kappa shape index (κ1) is 48.0. The normalized spacial score (nSPS) is 13.4. The molecule has 0 atom stereocenters. The molecule has 11 heteroatoms. The van der Waals surface area contributed by atoms with E-state index in [2.05, 4.69) is 79.4 Å². The van der Waals surface area contributed by atoms with E-state index < -0.39 is 0 Å². The summed E-state index contributed by atoms with van der Waals surface area (Å²) in [6, 6.07) is 48.6. The maximum Gasteiger partial charge on any atom is 0.147 e. The van der Waals surface area contributed by atoms with Crippen molar-refractivity contribution in [3.8, 4) is 22.8 Å². The van der Waals surface area contributed by atoms with Crippen molar-refractivity contribution in [3.63, 3.8) is 0 Å². The van der Waals surface area contributed by atoms with Gasteiger partial charge in [-0.1, -0.05) is 76.2 Å². The molecule has 0 amide bonds. The van der Waals surface area contributed by atoms with Gasteiger partial charge in [0, 0.05) is 94.3 Å². The van der Waals surface area contributed by atoms with E-state index in [1.165, 1.54) is 11.1 Å². The Hall–Kier alpha value is -6.48. The van der Waals surface area contributed by atoms with Crippen LogP contribution in [-0.2, 0) is 56.5 Å². The second-order valence-corrected chi connectivity index (χ2v) is 15.9. The Balaban J connectivity index is 0.00000350. The zero-order valence-corrected chi connectivity index (χ0v) is 38.6. The number of aromatic nitrogens is 4. The first-order valence-corrected chi connectivity index (χ1v) is 21.5. The minimum Gasteiger partial charge on any atom is -0.491 e. The molecule has 0 saturated heterocycles. The van der Waals surface area contributed by atoms with Gasteiger partial charge in [0.2, 0.25) is 0 Å². The molecule has 65 heavy (non-hydrogen) atoms. The fourth-order valence-corrected chi connectivity index (χ4v) is 6.98. The summed E-state index contributed by atoms with van der Waals surface area (Å²) in [6.45, 7) is 9.50. The Morgan fingerprint density at radius 3 is 1.28 bits per heavy atom. The van der Waals surface area contributed by atoms with Gasteiger partial charge in [0.1, 0.15) is 22.9 Å². The molecule has 0 aliphatic heterocycles. The van der Waals surface area contributed by atoms with Crippen molar-refractivity contribution >= 4 is 34.2 Å². The van der Waals surface area contributed by atoms with Crippen LogP contribution >= 0.6 is 0 Å². The average molecular weight is 957 g/mol. The SMILES string of the molecule is CC(C)c1ccc(N=C2C=C(OCCc3cccc(-c4ccccn4)n3)C(=Nc3ccc(Nc4ccc(C(C)C)cc4)cc3)C=C2OCCc2cccc(-c3ccccn3)n2)cc1.[Cu].[Cu]. The zero-order chi connectivity index (χ0) is 43.4. The summed E-state index contributed by atoms with van der Waals surface area (Å²) < 4.78 is 13.2. The second kappa shape index (κ2) is 23.4. The van der Waals surface area contributed by atoms with Crippen molar-refractivity contribution in [2.45, 2.75) is 52.4 Å². The van der Waals surface area contributed by atoms with Gasteiger partial charge in [0.25, 0.3) is 0 Å². The maximum absolute atomic E-state index is 6.61. The Morgan fingerprint density at radius 1 is 0.462 bits per heavy atom. The predicted octanol–water partition coefficient (Wildman–Crippen LogP) is 12.7. The number of rotatable bonds is 16. The molecular formula is C54H51Cu2N7O2. The molecule has 336 valence electrons. The van der Waals surface area contributed by atoms with Gasteiger partial charge in [-0.25, -0.2) is 9.98 Å². The summed E-state index contributed by atoms with van der Waals surface area (Å²) in [5, 5.41) is 3.51. The average Bonchev–Trinajstić information content (AvgIpc) is 3.32. The zero-order valence-electron chi connectivity index (χ0n) is 36.8. The van der Waals surface area contributed by atoms with Crippen LogP contribution in [0.2, 0.25) is 0 Å². The van der Waals surface area contributed by atoms with E-state index in [1.807, 2.05) is 121 Å². The van der Waals surface area contributed by atoms with Gasteiger partial charge >= 0.3 is 0 Å². The number of ether oxygens (including phenoxy) is 2. The summed E-state index contributed by atoms with van der Waals surface area (Å²) in [6.07, 6.45) is 8.56. The van der Waals surface area contributed by atoms with E-state index >= 15 is 0 Å². The van der Waals surface area contributed by atoms with Crippen LogP contribution in [-0.4, -0.2) is 44.6 Å². The van der Waals surface area contributed by atoms with Gasteiger partial charge in [0.15, 0.2) is 0 Å². The third kappa shape index (κ3) is 13.3. The Morgan fingerprint density at radius 2 is 0.862 bits per heavy atom. The summed E-state index contributed by atoms with van der Waals surface area (Å²) in [5.74, 6) is 2.05. The number of pyridine rings is 4. The molecule has 1 aliphatic rings. The molecule has 1 N–H and O–H groups in total. The molecular weight excluding hydrogens is 906 g/mol. The van der Waals surface area contributed by atoms with E-state index in [4.69, 9.17) is 29.4 Å². The molecule has 1 aliphatic carbocycles. The fourth-order valence-electron chi connectivity index (χ4n) is 6.98. The van der Waals surface area contributed by atoms with Crippen LogP contribution in [0.3, 0.4) is 0 Å². The first-order valence-electron chi connectivity index (χ1n) is 21.5. The van der Waals surface area contributed by atoms with Crippen LogP contribution in [0.25, 0.3) is 22.8 Å². The minimum absolute atomic E-state index is 0. The maximum atomic E-state index is 6.61. The van der Waals surface area contributed by atoms with E-state index in [9.17, 15) is 0 Å². The molecule has 9 nitrogen and oxygen atoms in total. The molecule has 7 aromatic rings. The molecule has 0 saturated carbocycles. The van der Waals surface area contributed by atoms with Crippen LogP contribution in [0, 0.1) is 0 Å². The number of aliphatic imine (C=N–C) groups is 2. The molecule has 0 spiro atoms. The number of hydrogen-bond donors (Lipinski definition) is 1. The fraction of sp³-hybridized carbons (Fsp3) is 0.185. The van der Waals surface area contributed by atoms with Crippen molar-refractivity contribution in [1.82, 2.24) is 19.9 Å². The molecule has 3 aromatic carbocycles. The van der Waals surface area contributed by atoms with Crippen molar-refractivity contribution in [2.24, 2.45) is 9.98 Å². The molecule has 8 rings (SSSR count). The van der Waals surface area contributed by atoms with Gasteiger partial charge in [0.05, 0.1) is 47.4 Å². The van der Waals surface area contributed by atoms with Crippen LogP contribution in [0.15, 0.2) is 192 Å².